The fraction of sp³-hybridized carbons (Fsp3) is 0.300. The average molecular weight is 311 g/mol. The zero-order chi connectivity index (χ0) is 11.4. The third-order valence-corrected chi connectivity index (χ3v) is 2.99. The van der Waals surface area contributed by atoms with Crippen LogP contribution in [0.2, 0.25) is 5.02 Å². The standard InChI is InChI=1S/C10H10BrCl2NO/c1-6(14-10(15)5-12)8-3-2-7(11)4-9(8)13/h2-4,6H,5H2,1H3,(H,14,15)/t6-/m1/s1. The molecular formula is C10H10BrCl2NO. The summed E-state index contributed by atoms with van der Waals surface area (Å²) in [7, 11) is 0. The smallest absolute Gasteiger partial charge is 0.235 e. The lowest BCUT2D eigenvalue weighted by molar-refractivity contribution is -0.119. The van der Waals surface area contributed by atoms with Crippen LogP contribution in [0.1, 0.15) is 18.5 Å². The Morgan fingerprint density at radius 2 is 2.27 bits per heavy atom. The van der Waals surface area contributed by atoms with Gasteiger partial charge in [-0.05, 0) is 24.6 Å². The maximum Gasteiger partial charge on any atom is 0.235 e. The molecule has 0 aliphatic heterocycles. The Morgan fingerprint density at radius 1 is 1.60 bits per heavy atom. The second-order valence-electron chi connectivity index (χ2n) is 3.09. The lowest BCUT2D eigenvalue weighted by Gasteiger charge is -2.15. The molecule has 1 amide bonds. The molecule has 0 aliphatic carbocycles. The molecule has 0 fully saturated rings. The summed E-state index contributed by atoms with van der Waals surface area (Å²) in [6.07, 6.45) is 0. The van der Waals surface area contributed by atoms with Crippen LogP contribution in [-0.4, -0.2) is 11.8 Å². The van der Waals surface area contributed by atoms with Gasteiger partial charge in [-0.1, -0.05) is 33.6 Å². The Bertz CT molecular complexity index is 370. The van der Waals surface area contributed by atoms with Crippen LogP contribution in [0, 0.1) is 0 Å². The van der Waals surface area contributed by atoms with E-state index in [-0.39, 0.29) is 17.8 Å². The summed E-state index contributed by atoms with van der Waals surface area (Å²) < 4.78 is 0.909. The highest BCUT2D eigenvalue weighted by molar-refractivity contribution is 9.10. The van der Waals surface area contributed by atoms with Crippen LogP contribution in [0.25, 0.3) is 0 Å². The van der Waals surface area contributed by atoms with E-state index in [9.17, 15) is 4.79 Å². The van der Waals surface area contributed by atoms with Gasteiger partial charge in [-0.25, -0.2) is 0 Å². The zero-order valence-corrected chi connectivity index (χ0v) is 11.2. The van der Waals surface area contributed by atoms with Crippen LogP contribution in [0.3, 0.4) is 0 Å². The highest BCUT2D eigenvalue weighted by Gasteiger charge is 2.11. The molecule has 0 radical (unpaired) electrons. The van der Waals surface area contributed by atoms with E-state index in [0.29, 0.717) is 5.02 Å². The van der Waals surface area contributed by atoms with Gasteiger partial charge in [-0.3, -0.25) is 4.79 Å². The number of carbonyl (C=O) groups is 1. The van der Waals surface area contributed by atoms with Gasteiger partial charge in [-0.2, -0.15) is 0 Å². The highest BCUT2D eigenvalue weighted by atomic mass is 79.9. The van der Waals surface area contributed by atoms with Gasteiger partial charge in [-0.15, -0.1) is 11.6 Å². The minimum absolute atomic E-state index is 0.0432. The average Bonchev–Trinajstić information content (AvgIpc) is 2.17. The summed E-state index contributed by atoms with van der Waals surface area (Å²) >= 11 is 14.7. The molecule has 5 heteroatoms. The second-order valence-corrected chi connectivity index (χ2v) is 4.68. The van der Waals surface area contributed by atoms with Gasteiger partial charge in [0.1, 0.15) is 5.88 Å². The normalized spacial score (nSPS) is 12.3. The van der Waals surface area contributed by atoms with Crippen molar-refractivity contribution in [2.24, 2.45) is 0 Å². The molecule has 0 saturated carbocycles. The number of hydrogen-bond donors (Lipinski definition) is 1. The van der Waals surface area contributed by atoms with Crippen molar-refractivity contribution in [3.8, 4) is 0 Å². The van der Waals surface area contributed by atoms with Gasteiger partial charge >= 0.3 is 0 Å². The molecule has 1 atom stereocenters. The summed E-state index contributed by atoms with van der Waals surface area (Å²) in [5, 5.41) is 3.35. The number of nitrogens with one attached hydrogen (secondary N) is 1. The second kappa shape index (κ2) is 5.73. The van der Waals surface area contributed by atoms with Crippen LogP contribution in [0.5, 0.6) is 0 Å². The van der Waals surface area contributed by atoms with Gasteiger partial charge in [0.15, 0.2) is 0 Å². The molecule has 0 bridgehead atoms. The van der Waals surface area contributed by atoms with E-state index in [2.05, 4.69) is 21.2 Å². The zero-order valence-electron chi connectivity index (χ0n) is 8.06. The summed E-state index contributed by atoms with van der Waals surface area (Å²) in [5.74, 6) is -0.249. The number of amides is 1. The van der Waals surface area contributed by atoms with Crippen molar-refractivity contribution in [1.82, 2.24) is 5.32 Å². The summed E-state index contributed by atoms with van der Waals surface area (Å²) in [6.45, 7) is 1.86. The van der Waals surface area contributed by atoms with Crippen LogP contribution in [-0.2, 0) is 4.79 Å². The quantitative estimate of drug-likeness (QED) is 0.850. The first kappa shape index (κ1) is 12.8. The van der Waals surface area contributed by atoms with E-state index in [1.165, 1.54) is 0 Å². The van der Waals surface area contributed by atoms with Gasteiger partial charge in [0, 0.05) is 9.50 Å². The van der Waals surface area contributed by atoms with E-state index >= 15 is 0 Å². The number of rotatable bonds is 3. The van der Waals surface area contributed by atoms with Crippen LogP contribution in [0.15, 0.2) is 22.7 Å². The maximum absolute atomic E-state index is 11.1. The Labute approximate surface area is 107 Å². The molecule has 82 valence electrons. The summed E-state index contributed by atoms with van der Waals surface area (Å²) in [5.41, 5.74) is 0.873. The van der Waals surface area contributed by atoms with E-state index in [4.69, 9.17) is 23.2 Å². The van der Waals surface area contributed by atoms with Gasteiger partial charge in [0.25, 0.3) is 0 Å². The fourth-order valence-electron chi connectivity index (χ4n) is 1.21. The minimum atomic E-state index is -0.205. The van der Waals surface area contributed by atoms with Gasteiger partial charge in [0.2, 0.25) is 5.91 Å². The molecule has 1 aromatic rings. The molecule has 15 heavy (non-hydrogen) atoms. The first-order valence-electron chi connectivity index (χ1n) is 4.35. The molecule has 1 N–H and O–H groups in total. The predicted molar refractivity (Wildman–Crippen MR) is 66.4 cm³/mol. The molecule has 1 aromatic carbocycles. The first-order valence-corrected chi connectivity index (χ1v) is 6.05. The van der Waals surface area contributed by atoms with Crippen LogP contribution >= 0.6 is 39.1 Å². The molecule has 0 spiro atoms. The molecule has 0 heterocycles. The van der Waals surface area contributed by atoms with Crippen LogP contribution in [0.4, 0.5) is 0 Å². The van der Waals surface area contributed by atoms with Crippen molar-refractivity contribution in [1.29, 1.82) is 0 Å². The number of benzene rings is 1. The largest absolute Gasteiger partial charge is 0.348 e. The predicted octanol–water partition coefficient (Wildman–Crippen LogP) is 3.52. The summed E-state index contributed by atoms with van der Waals surface area (Å²) in [4.78, 5) is 11.1. The van der Waals surface area contributed by atoms with Crippen molar-refractivity contribution in [3.05, 3.63) is 33.3 Å². The van der Waals surface area contributed by atoms with Crippen molar-refractivity contribution >= 4 is 45.0 Å². The lowest BCUT2D eigenvalue weighted by atomic mass is 10.1. The number of alkyl halides is 1. The molecular weight excluding hydrogens is 301 g/mol. The fourth-order valence-corrected chi connectivity index (χ4v) is 2.12. The Balaban J connectivity index is 2.82. The maximum atomic E-state index is 11.1. The van der Waals surface area contributed by atoms with Gasteiger partial charge < -0.3 is 5.32 Å². The number of hydrogen-bond acceptors (Lipinski definition) is 1. The first-order chi connectivity index (χ1) is 7.04. The SMILES string of the molecule is C[C@@H](NC(=O)CCl)c1ccc(Br)cc1Cl. The van der Waals surface area contributed by atoms with Crippen LogP contribution < -0.4 is 5.32 Å². The number of carbonyl (C=O) groups excluding carboxylic acids is 1. The molecule has 1 rings (SSSR count). The van der Waals surface area contributed by atoms with Crippen molar-refractivity contribution in [2.45, 2.75) is 13.0 Å². The molecule has 0 aliphatic rings. The van der Waals surface area contributed by atoms with Gasteiger partial charge in [0.05, 0.1) is 6.04 Å². The lowest BCUT2D eigenvalue weighted by Crippen LogP contribution is -2.27. The molecule has 0 aromatic heterocycles. The van der Waals surface area contributed by atoms with Crippen molar-refractivity contribution in [3.63, 3.8) is 0 Å². The Kier molecular flexibility index (Phi) is 4.90. The number of halogens is 3. The van der Waals surface area contributed by atoms with Crippen molar-refractivity contribution < 1.29 is 4.79 Å². The van der Waals surface area contributed by atoms with Crippen molar-refractivity contribution in [2.75, 3.05) is 5.88 Å². The topological polar surface area (TPSA) is 29.1 Å². The van der Waals surface area contributed by atoms with E-state index in [0.717, 1.165) is 10.0 Å². The van der Waals surface area contributed by atoms with E-state index in [1.807, 2.05) is 19.1 Å². The van der Waals surface area contributed by atoms with E-state index in [1.54, 1.807) is 6.07 Å². The molecule has 0 unspecified atom stereocenters. The molecule has 2 nitrogen and oxygen atoms in total. The van der Waals surface area contributed by atoms with E-state index < -0.39 is 0 Å². The third-order valence-electron chi connectivity index (χ3n) is 1.93. The Morgan fingerprint density at radius 3 is 2.80 bits per heavy atom. The Hall–Kier alpha value is -0.250. The molecule has 0 saturated heterocycles. The third kappa shape index (κ3) is 3.67. The summed E-state index contributed by atoms with van der Waals surface area (Å²) in [6, 6.07) is 5.40. The minimum Gasteiger partial charge on any atom is -0.348 e. The highest BCUT2D eigenvalue weighted by Crippen LogP contribution is 2.26. The monoisotopic (exact) mass is 309 g/mol.